The highest BCUT2D eigenvalue weighted by atomic mass is 35.5. The lowest BCUT2D eigenvalue weighted by atomic mass is 10.2. The number of aliphatic hydroxyl groups excluding tert-OH is 1. The van der Waals surface area contributed by atoms with E-state index in [0.717, 1.165) is 12.8 Å². The number of halogens is 2. The number of aliphatic hydroxyl groups is 1. The van der Waals surface area contributed by atoms with Crippen molar-refractivity contribution >= 4 is 35.2 Å². The van der Waals surface area contributed by atoms with Crippen LogP contribution in [0.5, 0.6) is 0 Å². The van der Waals surface area contributed by atoms with Crippen LogP contribution in [-0.2, 0) is 4.79 Å². The molecule has 0 saturated heterocycles. The summed E-state index contributed by atoms with van der Waals surface area (Å²) in [6.07, 6.45) is 4.65. The molecule has 1 aromatic rings. The molecule has 2 rings (SSSR count). The van der Waals surface area contributed by atoms with Gasteiger partial charge >= 0.3 is 0 Å². The minimum absolute atomic E-state index is 0.254. The predicted molar refractivity (Wildman–Crippen MR) is 77.2 cm³/mol. The quantitative estimate of drug-likeness (QED) is 0.822. The average molecular weight is 300 g/mol. The first kappa shape index (κ1) is 14.4. The Morgan fingerprint density at radius 1 is 1.47 bits per heavy atom. The van der Waals surface area contributed by atoms with E-state index in [1.54, 1.807) is 24.3 Å². The number of benzene rings is 1. The van der Waals surface area contributed by atoms with Gasteiger partial charge in [-0.15, -0.1) is 0 Å². The Kier molecular flexibility index (Phi) is 4.86. The zero-order valence-electron chi connectivity index (χ0n) is 10.3. The van der Waals surface area contributed by atoms with Crippen molar-refractivity contribution in [1.29, 1.82) is 0 Å². The Hall–Kier alpha value is -1.03. The van der Waals surface area contributed by atoms with Crippen LogP contribution in [0.15, 0.2) is 24.3 Å². The third kappa shape index (κ3) is 4.53. The molecule has 0 radical (unpaired) electrons. The second kappa shape index (κ2) is 6.42. The molecule has 19 heavy (non-hydrogen) atoms. The summed E-state index contributed by atoms with van der Waals surface area (Å²) in [7, 11) is 0. The molecule has 0 spiro atoms. The van der Waals surface area contributed by atoms with E-state index < -0.39 is 6.10 Å². The van der Waals surface area contributed by atoms with E-state index >= 15 is 0 Å². The van der Waals surface area contributed by atoms with Crippen molar-refractivity contribution in [3.05, 3.63) is 39.9 Å². The van der Waals surface area contributed by atoms with Gasteiger partial charge < -0.3 is 10.4 Å². The summed E-state index contributed by atoms with van der Waals surface area (Å²) in [5.74, 6) is 0.0994. The molecule has 1 aliphatic rings. The van der Waals surface area contributed by atoms with E-state index in [2.05, 4.69) is 5.32 Å². The van der Waals surface area contributed by atoms with Gasteiger partial charge in [0.05, 0.1) is 6.10 Å². The Morgan fingerprint density at radius 2 is 2.21 bits per heavy atom. The topological polar surface area (TPSA) is 49.3 Å². The van der Waals surface area contributed by atoms with E-state index in [1.807, 2.05) is 0 Å². The van der Waals surface area contributed by atoms with Crippen LogP contribution in [-0.4, -0.2) is 23.7 Å². The molecule has 3 nitrogen and oxygen atoms in total. The third-order valence-corrected chi connectivity index (χ3v) is 3.60. The lowest BCUT2D eigenvalue weighted by molar-refractivity contribution is -0.116. The summed E-state index contributed by atoms with van der Waals surface area (Å²) in [5.41, 5.74) is 0.687. The maximum atomic E-state index is 11.6. The van der Waals surface area contributed by atoms with Crippen molar-refractivity contribution in [2.45, 2.75) is 18.9 Å². The molecule has 0 bridgehead atoms. The molecule has 1 aromatic carbocycles. The van der Waals surface area contributed by atoms with Crippen molar-refractivity contribution in [2.75, 3.05) is 6.54 Å². The summed E-state index contributed by atoms with van der Waals surface area (Å²) >= 11 is 11.8. The van der Waals surface area contributed by atoms with Gasteiger partial charge in [-0.3, -0.25) is 4.79 Å². The first-order valence-corrected chi connectivity index (χ1v) is 6.91. The van der Waals surface area contributed by atoms with Crippen LogP contribution in [0.3, 0.4) is 0 Å². The maximum Gasteiger partial charge on any atom is 0.244 e. The standard InChI is InChI=1S/C14H15Cl2NO2/c15-11-4-5-12(16)10(7-11)3-6-14(19)17-8-13(18)9-1-2-9/h3-7,9,13,18H,1-2,8H2,(H,17,19). The smallest absolute Gasteiger partial charge is 0.244 e. The lowest BCUT2D eigenvalue weighted by Gasteiger charge is -2.08. The van der Waals surface area contributed by atoms with Gasteiger partial charge in [-0.05, 0) is 48.6 Å². The van der Waals surface area contributed by atoms with Crippen LogP contribution in [0.25, 0.3) is 6.08 Å². The molecule has 1 atom stereocenters. The number of carbonyl (C=O) groups excluding carboxylic acids is 1. The van der Waals surface area contributed by atoms with Crippen molar-refractivity contribution in [1.82, 2.24) is 5.32 Å². The molecule has 1 unspecified atom stereocenters. The fraction of sp³-hybridized carbons (Fsp3) is 0.357. The maximum absolute atomic E-state index is 11.6. The van der Waals surface area contributed by atoms with Crippen LogP contribution in [0.1, 0.15) is 18.4 Å². The molecular formula is C14H15Cl2NO2. The van der Waals surface area contributed by atoms with E-state index in [-0.39, 0.29) is 12.5 Å². The van der Waals surface area contributed by atoms with E-state index in [9.17, 15) is 9.90 Å². The van der Waals surface area contributed by atoms with Gasteiger partial charge in [0.2, 0.25) is 5.91 Å². The van der Waals surface area contributed by atoms with Crippen LogP contribution >= 0.6 is 23.2 Å². The normalized spacial score (nSPS) is 16.6. The van der Waals surface area contributed by atoms with Crippen molar-refractivity contribution < 1.29 is 9.90 Å². The van der Waals surface area contributed by atoms with Crippen molar-refractivity contribution in [2.24, 2.45) is 5.92 Å². The Morgan fingerprint density at radius 3 is 2.89 bits per heavy atom. The van der Waals surface area contributed by atoms with Gasteiger partial charge in [-0.25, -0.2) is 0 Å². The summed E-state index contributed by atoms with van der Waals surface area (Å²) in [6, 6.07) is 5.05. The number of hydrogen-bond acceptors (Lipinski definition) is 2. The molecule has 0 aliphatic heterocycles. The number of carbonyl (C=O) groups is 1. The van der Waals surface area contributed by atoms with Gasteiger partial charge in [-0.1, -0.05) is 23.2 Å². The SMILES string of the molecule is O=C(C=Cc1cc(Cl)ccc1Cl)NCC(O)C1CC1. The molecule has 1 fully saturated rings. The van der Waals surface area contributed by atoms with Crippen LogP contribution in [0.4, 0.5) is 0 Å². The predicted octanol–water partition coefficient (Wildman–Crippen LogP) is 2.89. The van der Waals surface area contributed by atoms with Crippen LogP contribution in [0.2, 0.25) is 10.0 Å². The number of nitrogens with one attached hydrogen (secondary N) is 1. The Balaban J connectivity index is 1.86. The molecule has 5 heteroatoms. The highest BCUT2D eigenvalue weighted by Gasteiger charge is 2.29. The zero-order chi connectivity index (χ0) is 13.8. The van der Waals surface area contributed by atoms with Gasteiger partial charge in [0.25, 0.3) is 0 Å². The average Bonchev–Trinajstić information content (AvgIpc) is 3.21. The highest BCUT2D eigenvalue weighted by Crippen LogP contribution is 2.32. The van der Waals surface area contributed by atoms with E-state index in [1.165, 1.54) is 6.08 Å². The second-order valence-corrected chi connectivity index (χ2v) is 5.49. The van der Waals surface area contributed by atoms with Crippen LogP contribution < -0.4 is 5.32 Å². The molecule has 0 aromatic heterocycles. The third-order valence-electron chi connectivity index (χ3n) is 3.02. The number of hydrogen-bond donors (Lipinski definition) is 2. The monoisotopic (exact) mass is 299 g/mol. The molecule has 1 saturated carbocycles. The fourth-order valence-corrected chi connectivity index (χ4v) is 2.08. The highest BCUT2D eigenvalue weighted by molar-refractivity contribution is 6.34. The molecule has 2 N–H and O–H groups in total. The molecular weight excluding hydrogens is 285 g/mol. The summed E-state index contributed by atoms with van der Waals surface area (Å²) in [5, 5.41) is 13.4. The van der Waals surface area contributed by atoms with Gasteiger partial charge in [0, 0.05) is 22.7 Å². The Labute approximate surface area is 122 Å². The van der Waals surface area contributed by atoms with Gasteiger partial charge in [0.15, 0.2) is 0 Å². The minimum Gasteiger partial charge on any atom is -0.391 e. The largest absolute Gasteiger partial charge is 0.391 e. The summed E-state index contributed by atoms with van der Waals surface area (Å²) in [4.78, 5) is 11.6. The number of rotatable bonds is 5. The fourth-order valence-electron chi connectivity index (χ4n) is 1.72. The van der Waals surface area contributed by atoms with Crippen LogP contribution in [0, 0.1) is 5.92 Å². The lowest BCUT2D eigenvalue weighted by Crippen LogP contribution is -2.31. The van der Waals surface area contributed by atoms with E-state index in [0.29, 0.717) is 21.5 Å². The van der Waals surface area contributed by atoms with E-state index in [4.69, 9.17) is 23.2 Å². The van der Waals surface area contributed by atoms with Gasteiger partial charge in [0.1, 0.15) is 0 Å². The first-order valence-electron chi connectivity index (χ1n) is 6.15. The van der Waals surface area contributed by atoms with Crippen molar-refractivity contribution in [3.8, 4) is 0 Å². The molecule has 0 heterocycles. The molecule has 102 valence electrons. The minimum atomic E-state index is -0.438. The number of amides is 1. The molecule has 1 aliphatic carbocycles. The molecule has 1 amide bonds. The van der Waals surface area contributed by atoms with Crippen molar-refractivity contribution in [3.63, 3.8) is 0 Å². The summed E-state index contributed by atoms with van der Waals surface area (Å²) in [6.45, 7) is 0.289. The Bertz CT molecular complexity index is 498. The second-order valence-electron chi connectivity index (χ2n) is 4.65. The zero-order valence-corrected chi connectivity index (χ0v) is 11.8. The van der Waals surface area contributed by atoms with Gasteiger partial charge in [-0.2, -0.15) is 0 Å². The first-order chi connectivity index (χ1) is 9.06. The summed E-state index contributed by atoms with van der Waals surface area (Å²) < 4.78 is 0.